The van der Waals surface area contributed by atoms with Gasteiger partial charge in [-0.3, -0.25) is 9.56 Å². The standard InChI is InChI=1S/C12H17B5FN3O3S/c13-11(14,15)21-9(19-12(16,17)23)8(18)6-20(10(21)22)25(24)7-4-2-1-3-5-7/h1-6,23H,13-17H2/b19-9+. The molecular weight excluding hydrogens is 339 g/mol. The van der Waals surface area contributed by atoms with Gasteiger partial charge in [0.15, 0.2) is 31.9 Å². The summed E-state index contributed by atoms with van der Waals surface area (Å²) in [5, 5.41) is 9.08. The molecule has 0 aliphatic rings. The van der Waals surface area contributed by atoms with E-state index < -0.39 is 33.6 Å². The van der Waals surface area contributed by atoms with E-state index in [9.17, 15) is 18.8 Å². The first-order valence-corrected chi connectivity index (χ1v) is 8.83. The first-order valence-electron chi connectivity index (χ1n) is 7.72. The summed E-state index contributed by atoms with van der Waals surface area (Å²) in [4.78, 5) is 17.2. The molecule has 0 bridgehead atoms. The lowest BCUT2D eigenvalue weighted by Crippen LogP contribution is -2.55. The summed E-state index contributed by atoms with van der Waals surface area (Å²) in [6.07, 6.45) is 0.859. The lowest BCUT2D eigenvalue weighted by Gasteiger charge is -2.25. The van der Waals surface area contributed by atoms with E-state index in [0.717, 1.165) is 14.7 Å². The van der Waals surface area contributed by atoms with Crippen molar-refractivity contribution in [1.82, 2.24) is 8.54 Å². The number of benzene rings is 1. The number of rotatable bonds is 4. The minimum absolute atomic E-state index is 0.286. The highest BCUT2D eigenvalue weighted by Gasteiger charge is 2.27. The zero-order valence-electron chi connectivity index (χ0n) is 14.9. The molecule has 0 saturated heterocycles. The monoisotopic (exact) mass is 357 g/mol. The second-order valence-electron chi connectivity index (χ2n) is 7.08. The summed E-state index contributed by atoms with van der Waals surface area (Å²) in [5.74, 6) is -0.846. The van der Waals surface area contributed by atoms with Crippen LogP contribution in [0, 0.1) is 5.82 Å². The van der Waals surface area contributed by atoms with Crippen LogP contribution >= 0.6 is 0 Å². The zero-order valence-corrected chi connectivity index (χ0v) is 15.7. The Balaban J connectivity index is 2.82. The van der Waals surface area contributed by atoms with Gasteiger partial charge in [0.05, 0.1) is 5.52 Å². The molecule has 25 heavy (non-hydrogen) atoms. The Bertz CT molecular complexity index is 892. The van der Waals surface area contributed by atoms with E-state index in [1.807, 2.05) is 0 Å². The molecule has 0 fully saturated rings. The first-order chi connectivity index (χ1) is 11.4. The van der Waals surface area contributed by atoms with Crippen LogP contribution in [0.5, 0.6) is 0 Å². The quantitative estimate of drug-likeness (QED) is 0.439. The SMILES string of the molecule is BC(B)(O)/N=c1\c(F)cn([S+]([O-])c2ccccc2)c(=O)n1C(B)(B)B. The van der Waals surface area contributed by atoms with Crippen molar-refractivity contribution >= 4 is 50.6 Å². The van der Waals surface area contributed by atoms with Crippen LogP contribution in [0.2, 0.25) is 0 Å². The molecule has 1 atom stereocenters. The average molecular weight is 356 g/mol. The molecule has 0 aliphatic heterocycles. The lowest BCUT2D eigenvalue weighted by molar-refractivity contribution is 0.216. The number of aliphatic hydroxyl groups is 1. The van der Waals surface area contributed by atoms with Gasteiger partial charge in [-0.2, -0.15) is 0 Å². The highest BCUT2D eigenvalue weighted by Crippen LogP contribution is 2.11. The highest BCUT2D eigenvalue weighted by molar-refractivity contribution is 7.89. The van der Waals surface area contributed by atoms with Crippen molar-refractivity contribution in [1.29, 1.82) is 0 Å². The minimum atomic E-state index is -1.91. The molecule has 0 radical (unpaired) electrons. The third kappa shape index (κ3) is 4.53. The average Bonchev–Trinajstić information content (AvgIpc) is 2.48. The maximum Gasteiger partial charge on any atom is 0.370 e. The van der Waals surface area contributed by atoms with Crippen molar-refractivity contribution in [2.45, 2.75) is 15.7 Å². The molecule has 1 N–H and O–H groups in total. The van der Waals surface area contributed by atoms with Gasteiger partial charge in [-0.1, -0.05) is 18.2 Å². The number of hydrogen-bond acceptors (Lipinski definition) is 4. The van der Waals surface area contributed by atoms with E-state index in [4.69, 9.17) is 0 Å². The molecule has 2 aromatic rings. The van der Waals surface area contributed by atoms with Crippen molar-refractivity contribution in [2.24, 2.45) is 4.99 Å². The van der Waals surface area contributed by atoms with Gasteiger partial charge in [0.1, 0.15) is 41.1 Å². The fourth-order valence-electron chi connectivity index (χ4n) is 2.25. The highest BCUT2D eigenvalue weighted by atomic mass is 32.2. The number of aromatic nitrogens is 2. The van der Waals surface area contributed by atoms with Crippen LogP contribution < -0.4 is 11.2 Å². The van der Waals surface area contributed by atoms with Crippen molar-refractivity contribution in [3.63, 3.8) is 0 Å². The van der Waals surface area contributed by atoms with Gasteiger partial charge >= 0.3 is 5.69 Å². The molecule has 0 aliphatic carbocycles. The summed E-state index contributed by atoms with van der Waals surface area (Å²) < 4.78 is 29.3. The maximum absolute atomic E-state index is 14.7. The summed E-state index contributed by atoms with van der Waals surface area (Å²) in [6.45, 7) is 0. The Kier molecular flexibility index (Phi) is 5.51. The second kappa shape index (κ2) is 6.97. The summed E-state index contributed by atoms with van der Waals surface area (Å²) >= 11 is -1.91. The van der Waals surface area contributed by atoms with Gasteiger partial charge < -0.3 is 9.66 Å². The normalized spacial score (nSPS) is 14.4. The van der Waals surface area contributed by atoms with Crippen molar-refractivity contribution in [3.05, 3.63) is 58.3 Å². The van der Waals surface area contributed by atoms with Crippen LogP contribution in [0.25, 0.3) is 0 Å². The van der Waals surface area contributed by atoms with Crippen molar-refractivity contribution in [3.8, 4) is 0 Å². The number of hydrogen-bond donors (Lipinski definition) is 1. The molecule has 0 amide bonds. The number of nitrogens with zero attached hydrogens (tertiary/aromatic N) is 3. The van der Waals surface area contributed by atoms with E-state index in [0.29, 0.717) is 4.90 Å². The third-order valence-electron chi connectivity index (χ3n) is 3.21. The largest absolute Gasteiger partial charge is 0.587 e. The lowest BCUT2D eigenvalue weighted by atomic mass is 9.49. The van der Waals surface area contributed by atoms with Gasteiger partial charge in [0.2, 0.25) is 0 Å². The van der Waals surface area contributed by atoms with Crippen LogP contribution in [0.15, 0.2) is 51.2 Å². The molecule has 1 heterocycles. The molecule has 126 valence electrons. The van der Waals surface area contributed by atoms with Gasteiger partial charge in [0, 0.05) is 0 Å². The Morgan fingerprint density at radius 1 is 1.16 bits per heavy atom. The fourth-order valence-corrected chi connectivity index (χ4v) is 3.28. The Morgan fingerprint density at radius 3 is 2.20 bits per heavy atom. The summed E-state index contributed by atoms with van der Waals surface area (Å²) in [6, 6.07) is 8.31. The van der Waals surface area contributed by atoms with Crippen molar-refractivity contribution < 1.29 is 14.0 Å². The Morgan fingerprint density at radius 2 is 1.72 bits per heavy atom. The van der Waals surface area contributed by atoms with Crippen molar-refractivity contribution in [2.75, 3.05) is 0 Å². The molecule has 1 aromatic carbocycles. The van der Waals surface area contributed by atoms with E-state index in [1.165, 1.54) is 15.7 Å². The molecule has 2 rings (SSSR count). The zero-order chi connectivity index (χ0) is 19.0. The van der Waals surface area contributed by atoms with E-state index in [1.54, 1.807) is 53.9 Å². The van der Waals surface area contributed by atoms with Crippen LogP contribution in [-0.4, -0.2) is 63.0 Å². The summed E-state index contributed by atoms with van der Waals surface area (Å²) in [7, 11) is 7.87. The Labute approximate surface area is 152 Å². The predicted octanol–water partition coefficient (Wildman–Crippen LogP) is -5.40. The van der Waals surface area contributed by atoms with Crippen LogP contribution in [0.1, 0.15) is 0 Å². The molecule has 13 heteroatoms. The van der Waals surface area contributed by atoms with Crippen LogP contribution in [0.4, 0.5) is 4.39 Å². The minimum Gasteiger partial charge on any atom is -0.587 e. The molecule has 0 spiro atoms. The Hall–Kier alpha value is -1.58. The van der Waals surface area contributed by atoms with Gasteiger partial charge in [-0.15, -0.1) is 3.97 Å². The maximum atomic E-state index is 14.7. The van der Waals surface area contributed by atoms with Gasteiger partial charge in [-0.05, 0) is 17.4 Å². The topological polar surface area (TPSA) is 82.6 Å². The molecule has 6 nitrogen and oxygen atoms in total. The predicted molar refractivity (Wildman–Crippen MR) is 108 cm³/mol. The molecule has 1 aromatic heterocycles. The van der Waals surface area contributed by atoms with Gasteiger partial charge in [0.25, 0.3) is 0 Å². The summed E-state index contributed by atoms with van der Waals surface area (Å²) in [5.41, 5.74) is -2.53. The van der Waals surface area contributed by atoms with Crippen LogP contribution in [0.3, 0.4) is 0 Å². The van der Waals surface area contributed by atoms with E-state index >= 15 is 0 Å². The van der Waals surface area contributed by atoms with E-state index in [2.05, 4.69) is 4.99 Å². The van der Waals surface area contributed by atoms with E-state index in [-0.39, 0.29) is 5.49 Å². The molecule has 0 saturated carbocycles. The van der Waals surface area contributed by atoms with Gasteiger partial charge in [-0.25, -0.2) is 9.18 Å². The first kappa shape index (κ1) is 19.7. The second-order valence-corrected chi connectivity index (χ2v) is 8.45. The molecular formula is C12H17B5FN3O3S. The third-order valence-corrected chi connectivity index (χ3v) is 4.50. The molecule has 1 unspecified atom stereocenters. The van der Waals surface area contributed by atoms with Crippen LogP contribution in [-0.2, 0) is 16.6 Å². The number of halogens is 1. The smallest absolute Gasteiger partial charge is 0.370 e. The fraction of sp³-hybridized carbons (Fsp3) is 0.167.